The highest BCUT2D eigenvalue weighted by Gasteiger charge is 2.34. The van der Waals surface area contributed by atoms with Crippen molar-refractivity contribution in [2.45, 2.75) is 50.6 Å². The molecule has 2 atom stereocenters. The Labute approximate surface area is 170 Å². The van der Waals surface area contributed by atoms with Crippen LogP contribution in [0.15, 0.2) is 12.1 Å². The van der Waals surface area contributed by atoms with E-state index in [0.717, 1.165) is 12.8 Å². The summed E-state index contributed by atoms with van der Waals surface area (Å²) in [6.07, 6.45) is 5.44. The summed E-state index contributed by atoms with van der Waals surface area (Å²) in [5, 5.41) is 17.8. The molecule has 0 saturated carbocycles. The first kappa shape index (κ1) is 22.2. The van der Waals surface area contributed by atoms with Gasteiger partial charge >= 0.3 is 0 Å². The van der Waals surface area contributed by atoms with Gasteiger partial charge in [-0.15, -0.1) is 12.4 Å². The SMILES string of the molecule is COc1cc(CCNC(=O)CC2CC3CCC(C2)N3)c([N+](=O)[O-])cc1OC.Cl. The van der Waals surface area contributed by atoms with Crippen LogP contribution in [0.2, 0.25) is 0 Å². The van der Waals surface area contributed by atoms with E-state index in [1.165, 1.54) is 33.1 Å². The van der Waals surface area contributed by atoms with Crippen molar-refractivity contribution in [3.63, 3.8) is 0 Å². The van der Waals surface area contributed by atoms with Gasteiger partial charge in [-0.05, 0) is 44.1 Å². The van der Waals surface area contributed by atoms with Gasteiger partial charge in [0, 0.05) is 30.6 Å². The van der Waals surface area contributed by atoms with Crippen molar-refractivity contribution < 1.29 is 19.2 Å². The van der Waals surface area contributed by atoms with Gasteiger partial charge in [0.2, 0.25) is 5.91 Å². The Balaban J connectivity index is 0.00000280. The van der Waals surface area contributed by atoms with Gasteiger partial charge in [0.1, 0.15) is 0 Å². The molecule has 8 nitrogen and oxygen atoms in total. The summed E-state index contributed by atoms with van der Waals surface area (Å²) < 4.78 is 10.4. The number of nitro groups is 1. The maximum atomic E-state index is 12.3. The topological polar surface area (TPSA) is 103 Å². The fourth-order valence-corrected chi connectivity index (χ4v) is 4.29. The monoisotopic (exact) mass is 413 g/mol. The summed E-state index contributed by atoms with van der Waals surface area (Å²) in [6.45, 7) is 0.354. The van der Waals surface area contributed by atoms with Crippen molar-refractivity contribution in [2.24, 2.45) is 5.92 Å². The number of piperidine rings is 1. The summed E-state index contributed by atoms with van der Waals surface area (Å²) in [6, 6.07) is 4.10. The Morgan fingerprint density at radius 3 is 2.39 bits per heavy atom. The number of nitrogens with zero attached hydrogens (tertiary/aromatic N) is 1. The first-order valence-electron chi connectivity index (χ1n) is 9.42. The van der Waals surface area contributed by atoms with E-state index in [9.17, 15) is 14.9 Å². The minimum atomic E-state index is -0.441. The second-order valence-electron chi connectivity index (χ2n) is 7.37. The highest BCUT2D eigenvalue weighted by Crippen LogP contribution is 2.35. The van der Waals surface area contributed by atoms with Crippen molar-refractivity contribution >= 4 is 24.0 Å². The Morgan fingerprint density at radius 2 is 1.82 bits per heavy atom. The third-order valence-corrected chi connectivity index (χ3v) is 5.54. The van der Waals surface area contributed by atoms with E-state index in [2.05, 4.69) is 10.6 Å². The molecule has 9 heteroatoms. The van der Waals surface area contributed by atoms with Crippen LogP contribution in [0.1, 0.15) is 37.7 Å². The second kappa shape index (κ2) is 9.93. The largest absolute Gasteiger partial charge is 0.493 e. The van der Waals surface area contributed by atoms with E-state index in [-0.39, 0.29) is 24.0 Å². The van der Waals surface area contributed by atoms with Gasteiger partial charge in [-0.1, -0.05) is 0 Å². The van der Waals surface area contributed by atoms with Gasteiger partial charge in [-0.25, -0.2) is 0 Å². The number of rotatable bonds is 8. The molecule has 0 aromatic heterocycles. The van der Waals surface area contributed by atoms with Crippen LogP contribution in [-0.2, 0) is 11.2 Å². The minimum absolute atomic E-state index is 0. The first-order valence-corrected chi connectivity index (χ1v) is 9.42. The number of nitro benzene ring substituents is 1. The maximum absolute atomic E-state index is 12.3. The zero-order valence-corrected chi connectivity index (χ0v) is 17.0. The highest BCUT2D eigenvalue weighted by atomic mass is 35.5. The third kappa shape index (κ3) is 5.26. The molecule has 3 rings (SSSR count). The van der Waals surface area contributed by atoms with Crippen molar-refractivity contribution in [3.8, 4) is 11.5 Å². The number of hydrogen-bond acceptors (Lipinski definition) is 6. The molecular formula is C19H28ClN3O5. The molecular weight excluding hydrogens is 386 g/mol. The van der Waals surface area contributed by atoms with Crippen LogP contribution in [0, 0.1) is 16.0 Å². The van der Waals surface area contributed by atoms with E-state index >= 15 is 0 Å². The molecule has 0 aliphatic carbocycles. The molecule has 2 aliphatic rings. The normalized spacial score (nSPS) is 22.9. The van der Waals surface area contributed by atoms with Crippen molar-refractivity contribution in [1.29, 1.82) is 0 Å². The summed E-state index contributed by atoms with van der Waals surface area (Å²) in [5.74, 6) is 1.20. The number of halogens is 1. The maximum Gasteiger partial charge on any atom is 0.276 e. The molecule has 2 aliphatic heterocycles. The van der Waals surface area contributed by atoms with E-state index < -0.39 is 4.92 Å². The quantitative estimate of drug-likeness (QED) is 0.501. The Hall–Kier alpha value is -2.06. The van der Waals surface area contributed by atoms with E-state index in [4.69, 9.17) is 9.47 Å². The molecule has 2 bridgehead atoms. The van der Waals surface area contributed by atoms with Crippen LogP contribution < -0.4 is 20.1 Å². The number of benzene rings is 1. The number of hydrogen-bond donors (Lipinski definition) is 2. The fourth-order valence-electron chi connectivity index (χ4n) is 4.29. The van der Waals surface area contributed by atoms with Crippen molar-refractivity contribution in [1.82, 2.24) is 10.6 Å². The number of methoxy groups -OCH3 is 2. The molecule has 0 radical (unpaired) electrons. The lowest BCUT2D eigenvalue weighted by molar-refractivity contribution is -0.385. The smallest absolute Gasteiger partial charge is 0.276 e. The number of nitrogens with one attached hydrogen (secondary N) is 2. The van der Waals surface area contributed by atoms with E-state index in [0.29, 0.717) is 54.5 Å². The number of fused-ring (bicyclic) bond motifs is 2. The van der Waals surface area contributed by atoms with Crippen LogP contribution >= 0.6 is 12.4 Å². The summed E-state index contributed by atoms with van der Waals surface area (Å²) >= 11 is 0. The lowest BCUT2D eigenvalue weighted by Crippen LogP contribution is -2.39. The minimum Gasteiger partial charge on any atom is -0.493 e. The van der Waals surface area contributed by atoms with Crippen LogP contribution in [0.5, 0.6) is 11.5 Å². The number of amides is 1. The average Bonchev–Trinajstić information content (AvgIpc) is 2.99. The van der Waals surface area contributed by atoms with E-state index in [1.807, 2.05) is 0 Å². The molecule has 2 fully saturated rings. The van der Waals surface area contributed by atoms with Gasteiger partial charge < -0.3 is 20.1 Å². The van der Waals surface area contributed by atoms with Gasteiger partial charge in [-0.2, -0.15) is 0 Å². The predicted octanol–water partition coefficient (Wildman–Crippen LogP) is 2.61. The number of carbonyl (C=O) groups excluding carboxylic acids is 1. The molecule has 156 valence electrons. The van der Waals surface area contributed by atoms with Crippen LogP contribution in [0.3, 0.4) is 0 Å². The zero-order chi connectivity index (χ0) is 19.4. The van der Waals surface area contributed by atoms with Gasteiger partial charge in [0.25, 0.3) is 5.69 Å². The molecule has 1 amide bonds. The Morgan fingerprint density at radius 1 is 1.21 bits per heavy atom. The van der Waals surface area contributed by atoms with E-state index in [1.54, 1.807) is 6.07 Å². The van der Waals surface area contributed by atoms with Crippen LogP contribution in [0.25, 0.3) is 0 Å². The van der Waals surface area contributed by atoms with Crippen molar-refractivity contribution in [3.05, 3.63) is 27.8 Å². The molecule has 2 N–H and O–H groups in total. The lowest BCUT2D eigenvalue weighted by atomic mass is 9.89. The molecule has 1 aromatic carbocycles. The van der Waals surface area contributed by atoms with Gasteiger partial charge in [0.15, 0.2) is 11.5 Å². The molecule has 2 unspecified atom stereocenters. The number of carbonyl (C=O) groups is 1. The summed E-state index contributed by atoms with van der Waals surface area (Å²) in [5.41, 5.74) is 0.481. The first-order chi connectivity index (χ1) is 13.0. The average molecular weight is 414 g/mol. The number of ether oxygens (including phenoxy) is 2. The highest BCUT2D eigenvalue weighted by molar-refractivity contribution is 5.85. The molecule has 0 spiro atoms. The van der Waals surface area contributed by atoms with Crippen LogP contribution in [-0.4, -0.2) is 43.7 Å². The molecule has 28 heavy (non-hydrogen) atoms. The third-order valence-electron chi connectivity index (χ3n) is 5.54. The standard InChI is InChI=1S/C19H27N3O5.ClH/c1-26-17-10-13(16(22(24)25)11-18(17)27-2)5-6-20-19(23)9-12-7-14-3-4-15(8-12)21-14;/h10-12,14-15,21H,3-9H2,1-2H3,(H,20,23);1H. The fraction of sp³-hybridized carbons (Fsp3) is 0.632. The van der Waals surface area contributed by atoms with Gasteiger partial charge in [-0.3, -0.25) is 14.9 Å². The van der Waals surface area contributed by atoms with Crippen molar-refractivity contribution in [2.75, 3.05) is 20.8 Å². The predicted molar refractivity (Wildman–Crippen MR) is 107 cm³/mol. The zero-order valence-electron chi connectivity index (χ0n) is 16.2. The molecule has 2 heterocycles. The molecule has 1 aromatic rings. The summed E-state index contributed by atoms with van der Waals surface area (Å²) in [7, 11) is 2.93. The Kier molecular flexibility index (Phi) is 7.88. The second-order valence-corrected chi connectivity index (χ2v) is 7.37. The molecule has 2 saturated heterocycles. The summed E-state index contributed by atoms with van der Waals surface area (Å²) in [4.78, 5) is 23.2. The van der Waals surface area contributed by atoms with Gasteiger partial charge in [0.05, 0.1) is 25.2 Å². The Bertz CT molecular complexity index is 703. The lowest BCUT2D eigenvalue weighted by Gasteiger charge is -2.28. The van der Waals surface area contributed by atoms with Crippen LogP contribution in [0.4, 0.5) is 5.69 Å².